The number of esters is 1. The summed E-state index contributed by atoms with van der Waals surface area (Å²) in [6, 6.07) is 10.7. The van der Waals surface area contributed by atoms with E-state index in [4.69, 9.17) is 4.74 Å². The molecule has 4 heteroatoms. The lowest BCUT2D eigenvalue weighted by Crippen LogP contribution is -2.03. The van der Waals surface area contributed by atoms with Crippen LogP contribution in [0.25, 0.3) is 16.8 Å². The van der Waals surface area contributed by atoms with Crippen LogP contribution < -0.4 is 0 Å². The third-order valence-electron chi connectivity index (χ3n) is 3.04. The van der Waals surface area contributed by atoms with Crippen LogP contribution in [0, 0.1) is 0 Å². The van der Waals surface area contributed by atoms with Crippen molar-refractivity contribution in [3.8, 4) is 0 Å². The quantitative estimate of drug-likeness (QED) is 0.674. The monoisotopic (exact) mass is 284 g/mol. The number of carboxylic acid groups (broad SMARTS) is 1. The zero-order valence-corrected chi connectivity index (χ0v) is 11.7. The number of ether oxygens (including phenoxy) is 1. The molecule has 0 amide bonds. The van der Waals surface area contributed by atoms with Gasteiger partial charge in [-0.15, -0.1) is 0 Å². The molecular formula is C17H16O4. The van der Waals surface area contributed by atoms with E-state index in [0.717, 1.165) is 17.2 Å². The van der Waals surface area contributed by atoms with Crippen LogP contribution in [0.15, 0.2) is 42.5 Å². The van der Waals surface area contributed by atoms with E-state index in [-0.39, 0.29) is 5.56 Å². The number of benzene rings is 2. The molecule has 0 fully saturated rings. The molecule has 0 spiro atoms. The van der Waals surface area contributed by atoms with Gasteiger partial charge in [-0.2, -0.15) is 0 Å². The minimum Gasteiger partial charge on any atom is -0.478 e. The lowest BCUT2D eigenvalue weighted by molar-refractivity contribution is -0.137. The van der Waals surface area contributed by atoms with Gasteiger partial charge in [-0.05, 0) is 34.9 Å². The van der Waals surface area contributed by atoms with Crippen LogP contribution in [0.1, 0.15) is 29.3 Å². The number of carboxylic acids is 1. The molecule has 2 aromatic rings. The molecule has 0 saturated heterocycles. The fourth-order valence-corrected chi connectivity index (χ4v) is 2.06. The van der Waals surface area contributed by atoms with Crippen LogP contribution in [0.3, 0.4) is 0 Å². The average molecular weight is 284 g/mol. The number of carbonyl (C=O) groups is 2. The maximum absolute atomic E-state index is 11.5. The van der Waals surface area contributed by atoms with Gasteiger partial charge in [0.1, 0.15) is 0 Å². The van der Waals surface area contributed by atoms with Crippen LogP contribution in [-0.4, -0.2) is 23.7 Å². The Balaban J connectivity index is 2.44. The predicted molar refractivity (Wildman–Crippen MR) is 81.2 cm³/mol. The summed E-state index contributed by atoms with van der Waals surface area (Å²) in [5.74, 6) is -1.50. The van der Waals surface area contributed by atoms with Crippen molar-refractivity contribution >= 4 is 28.8 Å². The summed E-state index contributed by atoms with van der Waals surface area (Å²) < 4.78 is 4.95. The Hall–Kier alpha value is -2.62. The Bertz CT molecular complexity index is 701. The molecule has 0 aliphatic heterocycles. The van der Waals surface area contributed by atoms with Crippen molar-refractivity contribution in [3.05, 3.63) is 53.6 Å². The van der Waals surface area contributed by atoms with Gasteiger partial charge in [-0.3, -0.25) is 0 Å². The SMILES string of the molecule is CCCOC(=O)C=Cc1c(C(=O)O)ccc2ccccc12. The van der Waals surface area contributed by atoms with Gasteiger partial charge < -0.3 is 9.84 Å². The molecule has 0 heterocycles. The highest BCUT2D eigenvalue weighted by Crippen LogP contribution is 2.24. The highest BCUT2D eigenvalue weighted by Gasteiger charge is 2.11. The molecule has 21 heavy (non-hydrogen) atoms. The van der Waals surface area contributed by atoms with Gasteiger partial charge in [0.25, 0.3) is 0 Å². The molecule has 1 N–H and O–H groups in total. The molecule has 0 aliphatic rings. The van der Waals surface area contributed by atoms with Crippen molar-refractivity contribution in [1.29, 1.82) is 0 Å². The molecule has 0 atom stereocenters. The van der Waals surface area contributed by atoms with Crippen LogP contribution in [0.4, 0.5) is 0 Å². The summed E-state index contributed by atoms with van der Waals surface area (Å²) in [5, 5.41) is 11.0. The Morgan fingerprint density at radius 1 is 1.19 bits per heavy atom. The van der Waals surface area contributed by atoms with Gasteiger partial charge in [0, 0.05) is 6.08 Å². The summed E-state index contributed by atoms with van der Waals surface area (Å²) in [4.78, 5) is 22.9. The Morgan fingerprint density at radius 3 is 2.67 bits per heavy atom. The maximum Gasteiger partial charge on any atom is 0.336 e. The van der Waals surface area contributed by atoms with E-state index >= 15 is 0 Å². The largest absolute Gasteiger partial charge is 0.478 e. The molecule has 0 bridgehead atoms. The minimum atomic E-state index is -1.03. The summed E-state index contributed by atoms with van der Waals surface area (Å²) in [6.07, 6.45) is 3.52. The van der Waals surface area contributed by atoms with E-state index in [1.807, 2.05) is 31.2 Å². The van der Waals surface area contributed by atoms with E-state index in [0.29, 0.717) is 12.2 Å². The van der Waals surface area contributed by atoms with E-state index in [2.05, 4.69) is 0 Å². The summed E-state index contributed by atoms with van der Waals surface area (Å²) in [6.45, 7) is 2.26. The Kier molecular flexibility index (Phi) is 4.72. The predicted octanol–water partition coefficient (Wildman–Crippen LogP) is 3.50. The molecule has 0 unspecified atom stereocenters. The topological polar surface area (TPSA) is 63.6 Å². The molecule has 2 aromatic carbocycles. The van der Waals surface area contributed by atoms with Crippen molar-refractivity contribution < 1.29 is 19.4 Å². The summed E-state index contributed by atoms with van der Waals surface area (Å²) in [7, 11) is 0. The van der Waals surface area contributed by atoms with Gasteiger partial charge in [-0.25, -0.2) is 9.59 Å². The first-order chi connectivity index (χ1) is 10.1. The fourth-order valence-electron chi connectivity index (χ4n) is 2.06. The Morgan fingerprint density at radius 2 is 1.95 bits per heavy atom. The molecule has 0 radical (unpaired) electrons. The van der Waals surface area contributed by atoms with Crippen molar-refractivity contribution in [2.45, 2.75) is 13.3 Å². The second kappa shape index (κ2) is 6.70. The highest BCUT2D eigenvalue weighted by molar-refractivity contribution is 6.03. The van der Waals surface area contributed by atoms with Gasteiger partial charge >= 0.3 is 11.9 Å². The smallest absolute Gasteiger partial charge is 0.336 e. The first-order valence-corrected chi connectivity index (χ1v) is 6.73. The van der Waals surface area contributed by atoms with Crippen LogP contribution in [0.2, 0.25) is 0 Å². The van der Waals surface area contributed by atoms with Crippen LogP contribution in [0.5, 0.6) is 0 Å². The standard InChI is InChI=1S/C17H16O4/c1-2-11-21-16(18)10-9-14-13-6-4-3-5-12(13)7-8-15(14)17(19)20/h3-10H,2,11H2,1H3,(H,19,20). The minimum absolute atomic E-state index is 0.160. The van der Waals surface area contributed by atoms with Gasteiger partial charge in [-0.1, -0.05) is 37.3 Å². The van der Waals surface area contributed by atoms with Gasteiger partial charge in [0.2, 0.25) is 0 Å². The number of carbonyl (C=O) groups excluding carboxylic acids is 1. The van der Waals surface area contributed by atoms with Crippen LogP contribution in [-0.2, 0) is 9.53 Å². The summed E-state index contributed by atoms with van der Waals surface area (Å²) in [5.41, 5.74) is 0.669. The van der Waals surface area contributed by atoms with E-state index in [1.165, 1.54) is 12.2 Å². The van der Waals surface area contributed by atoms with Crippen molar-refractivity contribution in [3.63, 3.8) is 0 Å². The second-order valence-electron chi connectivity index (χ2n) is 4.55. The first kappa shape index (κ1) is 14.8. The molecule has 0 aromatic heterocycles. The lowest BCUT2D eigenvalue weighted by Gasteiger charge is -2.06. The second-order valence-corrected chi connectivity index (χ2v) is 4.55. The van der Waals surface area contributed by atoms with E-state index in [9.17, 15) is 14.7 Å². The number of fused-ring (bicyclic) bond motifs is 1. The normalized spacial score (nSPS) is 10.9. The third-order valence-corrected chi connectivity index (χ3v) is 3.04. The van der Waals surface area contributed by atoms with Gasteiger partial charge in [0.15, 0.2) is 0 Å². The molecular weight excluding hydrogens is 268 g/mol. The highest BCUT2D eigenvalue weighted by atomic mass is 16.5. The average Bonchev–Trinajstić information content (AvgIpc) is 2.50. The third kappa shape index (κ3) is 3.48. The Labute approximate surface area is 122 Å². The molecule has 108 valence electrons. The maximum atomic E-state index is 11.5. The number of rotatable bonds is 5. The molecule has 2 rings (SSSR count). The molecule has 4 nitrogen and oxygen atoms in total. The van der Waals surface area contributed by atoms with E-state index < -0.39 is 11.9 Å². The molecule has 0 aliphatic carbocycles. The molecule has 0 saturated carbocycles. The van der Waals surface area contributed by atoms with E-state index in [1.54, 1.807) is 12.1 Å². The van der Waals surface area contributed by atoms with Crippen molar-refractivity contribution in [1.82, 2.24) is 0 Å². The van der Waals surface area contributed by atoms with Crippen LogP contribution >= 0.6 is 0 Å². The number of aromatic carboxylic acids is 1. The number of hydrogen-bond acceptors (Lipinski definition) is 3. The zero-order valence-electron chi connectivity index (χ0n) is 11.7. The van der Waals surface area contributed by atoms with Crippen molar-refractivity contribution in [2.75, 3.05) is 6.61 Å². The fraction of sp³-hybridized carbons (Fsp3) is 0.176. The zero-order chi connectivity index (χ0) is 15.2. The van der Waals surface area contributed by atoms with Crippen molar-refractivity contribution in [2.24, 2.45) is 0 Å². The lowest BCUT2D eigenvalue weighted by atomic mass is 9.98. The van der Waals surface area contributed by atoms with Gasteiger partial charge in [0.05, 0.1) is 12.2 Å². The summed E-state index contributed by atoms with van der Waals surface area (Å²) >= 11 is 0. The number of hydrogen-bond donors (Lipinski definition) is 1. The first-order valence-electron chi connectivity index (χ1n) is 6.73.